The average Bonchev–Trinajstić information content (AvgIpc) is 2.95. The highest BCUT2D eigenvalue weighted by molar-refractivity contribution is 8.03. The molecule has 4 rings (SSSR count). The Bertz CT molecular complexity index is 766. The van der Waals surface area contributed by atoms with Crippen molar-refractivity contribution in [2.45, 2.75) is 37.1 Å². The highest BCUT2D eigenvalue weighted by Crippen LogP contribution is 2.49. The lowest BCUT2D eigenvalue weighted by Crippen LogP contribution is -2.22. The molecule has 2 aromatic carbocycles. The Morgan fingerprint density at radius 3 is 2.48 bits per heavy atom. The van der Waals surface area contributed by atoms with E-state index in [0.29, 0.717) is 12.2 Å². The van der Waals surface area contributed by atoms with Gasteiger partial charge in [-0.25, -0.2) is 0 Å². The van der Waals surface area contributed by atoms with Gasteiger partial charge in [-0.05, 0) is 37.0 Å². The van der Waals surface area contributed by atoms with E-state index in [1.165, 1.54) is 16.1 Å². The molecule has 2 nitrogen and oxygen atoms in total. The third-order valence-electron chi connectivity index (χ3n) is 4.47. The van der Waals surface area contributed by atoms with Crippen molar-refractivity contribution in [2.75, 3.05) is 4.90 Å². The number of thioether (sulfide) groups is 1. The van der Waals surface area contributed by atoms with Crippen molar-refractivity contribution in [2.24, 2.45) is 0 Å². The lowest BCUT2D eigenvalue weighted by atomic mass is 9.94. The van der Waals surface area contributed by atoms with E-state index in [-0.39, 0.29) is 0 Å². The van der Waals surface area contributed by atoms with Gasteiger partial charge in [-0.2, -0.15) is 0 Å². The monoisotopic (exact) mass is 321 g/mol. The number of para-hydroxylation sites is 1. The van der Waals surface area contributed by atoms with Crippen LogP contribution in [0.2, 0.25) is 0 Å². The molecule has 0 unspecified atom stereocenters. The molecule has 1 fully saturated rings. The predicted molar refractivity (Wildman–Crippen MR) is 95.4 cm³/mol. The maximum absolute atomic E-state index is 12.4. The number of rotatable bonds is 2. The Morgan fingerprint density at radius 1 is 0.913 bits per heavy atom. The fourth-order valence-corrected chi connectivity index (χ4v) is 4.54. The highest BCUT2D eigenvalue weighted by atomic mass is 32.2. The van der Waals surface area contributed by atoms with E-state index in [1.807, 2.05) is 6.07 Å². The summed E-state index contributed by atoms with van der Waals surface area (Å²) in [5.41, 5.74) is 3.53. The summed E-state index contributed by atoms with van der Waals surface area (Å²) < 4.78 is 0. The third-order valence-corrected chi connectivity index (χ3v) is 5.69. The zero-order chi connectivity index (χ0) is 15.6. The minimum atomic E-state index is 0.338. The normalized spacial score (nSPS) is 20.7. The molecule has 2 aromatic rings. The van der Waals surface area contributed by atoms with Crippen LogP contribution in [0.15, 0.2) is 70.1 Å². The zero-order valence-corrected chi connectivity index (χ0v) is 13.8. The maximum Gasteiger partial charge on any atom is 0.161 e. The van der Waals surface area contributed by atoms with E-state index in [1.54, 1.807) is 11.8 Å². The molecule has 1 saturated carbocycles. The van der Waals surface area contributed by atoms with Crippen molar-refractivity contribution < 1.29 is 4.79 Å². The van der Waals surface area contributed by atoms with Gasteiger partial charge >= 0.3 is 0 Å². The number of Topliss-reactive ketones (excluding diaryl/α,β-unsaturated/α-hetero) is 1. The van der Waals surface area contributed by atoms with Crippen LogP contribution in [0.1, 0.15) is 31.2 Å². The predicted octanol–water partition coefficient (Wildman–Crippen LogP) is 5.15. The number of anilines is 1. The van der Waals surface area contributed by atoms with E-state index in [9.17, 15) is 4.79 Å². The first kappa shape index (κ1) is 14.6. The largest absolute Gasteiger partial charge is 0.330 e. The van der Waals surface area contributed by atoms with Gasteiger partial charge in [-0.1, -0.05) is 54.2 Å². The van der Waals surface area contributed by atoms with Crippen LogP contribution in [0.5, 0.6) is 0 Å². The maximum atomic E-state index is 12.4. The summed E-state index contributed by atoms with van der Waals surface area (Å²) in [5, 5.41) is 1.15. The molecule has 116 valence electrons. The lowest BCUT2D eigenvalue weighted by Gasteiger charge is -2.24. The molecule has 1 aliphatic heterocycles. The summed E-state index contributed by atoms with van der Waals surface area (Å²) >= 11 is 1.76. The molecule has 0 saturated heterocycles. The van der Waals surface area contributed by atoms with Gasteiger partial charge in [0.1, 0.15) is 0 Å². The Kier molecular flexibility index (Phi) is 3.96. The molecule has 0 bridgehead atoms. The summed E-state index contributed by atoms with van der Waals surface area (Å²) in [6.07, 6.45) is 3.78. The zero-order valence-electron chi connectivity index (χ0n) is 13.0. The molecule has 0 atom stereocenters. The van der Waals surface area contributed by atoms with Crippen LogP contribution in [0.3, 0.4) is 0 Å². The van der Waals surface area contributed by atoms with Crippen molar-refractivity contribution >= 4 is 23.2 Å². The van der Waals surface area contributed by atoms with E-state index >= 15 is 0 Å². The van der Waals surface area contributed by atoms with Gasteiger partial charge in [-0.15, -0.1) is 0 Å². The molecule has 0 spiro atoms. The van der Waals surface area contributed by atoms with E-state index in [0.717, 1.165) is 36.4 Å². The molecule has 23 heavy (non-hydrogen) atoms. The fourth-order valence-electron chi connectivity index (χ4n) is 3.29. The van der Waals surface area contributed by atoms with Gasteiger partial charge in [0.15, 0.2) is 5.78 Å². The average molecular weight is 321 g/mol. The SMILES string of the molecule is O=C1CCCC/C1=C1/Sc2ccccc2N1Cc1ccccc1. The fraction of sp³-hybridized carbons (Fsp3) is 0.250. The van der Waals surface area contributed by atoms with Gasteiger partial charge in [0.05, 0.1) is 10.7 Å². The van der Waals surface area contributed by atoms with Crippen molar-refractivity contribution in [3.05, 3.63) is 70.8 Å². The van der Waals surface area contributed by atoms with Gasteiger partial charge in [-0.3, -0.25) is 4.79 Å². The molecule has 0 N–H and O–H groups in total. The van der Waals surface area contributed by atoms with Crippen LogP contribution >= 0.6 is 11.8 Å². The number of benzene rings is 2. The minimum absolute atomic E-state index is 0.338. The molecule has 0 amide bonds. The first-order chi connectivity index (χ1) is 11.3. The van der Waals surface area contributed by atoms with E-state index in [2.05, 4.69) is 53.4 Å². The topological polar surface area (TPSA) is 20.3 Å². The molecule has 0 radical (unpaired) electrons. The van der Waals surface area contributed by atoms with Crippen LogP contribution in [-0.2, 0) is 11.3 Å². The van der Waals surface area contributed by atoms with Crippen LogP contribution in [0.4, 0.5) is 5.69 Å². The standard InChI is InChI=1S/C20H19NOS/c22-18-12-6-4-10-16(18)20-21(14-15-8-2-1-3-9-15)17-11-5-7-13-19(17)23-20/h1-3,5,7-9,11,13H,4,6,10,12,14H2/b20-16-. The molecule has 1 heterocycles. The summed E-state index contributed by atoms with van der Waals surface area (Å²) in [6, 6.07) is 18.9. The van der Waals surface area contributed by atoms with Crippen LogP contribution in [-0.4, -0.2) is 5.78 Å². The number of allylic oxidation sites excluding steroid dienone is 1. The van der Waals surface area contributed by atoms with Gasteiger partial charge in [0.2, 0.25) is 0 Å². The van der Waals surface area contributed by atoms with Gasteiger partial charge < -0.3 is 4.90 Å². The Morgan fingerprint density at radius 2 is 1.65 bits per heavy atom. The number of carbonyl (C=O) groups excluding carboxylic acids is 1. The number of nitrogens with zero attached hydrogens (tertiary/aromatic N) is 1. The highest BCUT2D eigenvalue weighted by Gasteiger charge is 2.30. The Labute approximate surface area is 141 Å². The molecular weight excluding hydrogens is 302 g/mol. The number of fused-ring (bicyclic) bond motifs is 1. The van der Waals surface area contributed by atoms with E-state index in [4.69, 9.17) is 0 Å². The first-order valence-corrected chi connectivity index (χ1v) is 8.99. The van der Waals surface area contributed by atoms with Gasteiger partial charge in [0.25, 0.3) is 0 Å². The summed E-state index contributed by atoms with van der Waals surface area (Å²) in [7, 11) is 0. The third kappa shape index (κ3) is 2.81. The van der Waals surface area contributed by atoms with Crippen molar-refractivity contribution in [3.8, 4) is 0 Å². The molecule has 1 aliphatic carbocycles. The second-order valence-corrected chi connectivity index (χ2v) is 7.09. The molecule has 0 aromatic heterocycles. The molecular formula is C20H19NOS. The van der Waals surface area contributed by atoms with E-state index < -0.39 is 0 Å². The van der Waals surface area contributed by atoms with Crippen molar-refractivity contribution in [1.29, 1.82) is 0 Å². The summed E-state index contributed by atoms with van der Waals surface area (Å²) in [4.78, 5) is 16.0. The number of carbonyl (C=O) groups is 1. The minimum Gasteiger partial charge on any atom is -0.330 e. The van der Waals surface area contributed by atoms with Crippen LogP contribution in [0.25, 0.3) is 0 Å². The van der Waals surface area contributed by atoms with Crippen molar-refractivity contribution in [1.82, 2.24) is 0 Å². The molecule has 2 aliphatic rings. The second kappa shape index (κ2) is 6.25. The van der Waals surface area contributed by atoms with Crippen LogP contribution in [0, 0.1) is 0 Å². The van der Waals surface area contributed by atoms with Crippen LogP contribution < -0.4 is 4.90 Å². The second-order valence-electron chi connectivity index (χ2n) is 6.06. The number of ketones is 1. The van der Waals surface area contributed by atoms with Crippen molar-refractivity contribution in [3.63, 3.8) is 0 Å². The quantitative estimate of drug-likeness (QED) is 0.713. The van der Waals surface area contributed by atoms with Gasteiger partial charge in [0, 0.05) is 23.4 Å². The smallest absolute Gasteiger partial charge is 0.161 e. The summed E-state index contributed by atoms with van der Waals surface area (Å²) in [5.74, 6) is 0.338. The Balaban J connectivity index is 1.76. The number of hydrogen-bond acceptors (Lipinski definition) is 3. The molecule has 3 heteroatoms. The number of hydrogen-bond donors (Lipinski definition) is 0. The lowest BCUT2D eigenvalue weighted by molar-refractivity contribution is -0.116. The Hall–Kier alpha value is -2.00. The summed E-state index contributed by atoms with van der Waals surface area (Å²) in [6.45, 7) is 0.816. The first-order valence-electron chi connectivity index (χ1n) is 8.17.